The molecule has 2 fully saturated rings. The molecular weight excluding hydrogens is 1060 g/mol. The number of ether oxygens (including phenoxy) is 4. The van der Waals surface area contributed by atoms with Crippen molar-refractivity contribution in [2.45, 2.75) is 344 Å². The number of carbonyl (C=O) groups excluding carboxylic acids is 1. The van der Waals surface area contributed by atoms with Gasteiger partial charge in [-0.1, -0.05) is 273 Å². The van der Waals surface area contributed by atoms with Crippen LogP contribution < -0.4 is 5.32 Å². The van der Waals surface area contributed by atoms with Crippen molar-refractivity contribution in [2.24, 2.45) is 0 Å². The Labute approximate surface area is 510 Å². The first-order valence-electron chi connectivity index (χ1n) is 34.2. The highest BCUT2D eigenvalue weighted by Gasteiger charge is 2.51. The molecule has 12 unspecified atom stereocenters. The van der Waals surface area contributed by atoms with Crippen LogP contribution >= 0.6 is 0 Å². The normalized spacial score (nSPS) is 24.1. The highest BCUT2D eigenvalue weighted by atomic mass is 16.7. The minimum Gasteiger partial charge on any atom is -0.394 e. The minimum absolute atomic E-state index is 0.246. The summed E-state index contributed by atoms with van der Waals surface area (Å²) in [4.78, 5) is 13.3. The Morgan fingerprint density at radius 3 is 1.24 bits per heavy atom. The van der Waals surface area contributed by atoms with E-state index in [2.05, 4.69) is 92.1 Å². The summed E-state index contributed by atoms with van der Waals surface area (Å²) in [7, 11) is 0. The molecule has 0 aromatic heterocycles. The van der Waals surface area contributed by atoms with Crippen molar-refractivity contribution in [3.63, 3.8) is 0 Å². The number of amides is 1. The van der Waals surface area contributed by atoms with Crippen LogP contribution in [0.25, 0.3) is 0 Å². The van der Waals surface area contributed by atoms with Gasteiger partial charge in [0, 0.05) is 6.42 Å². The summed E-state index contributed by atoms with van der Waals surface area (Å²) >= 11 is 0. The zero-order chi connectivity index (χ0) is 60.9. The van der Waals surface area contributed by atoms with E-state index in [0.29, 0.717) is 12.8 Å². The van der Waals surface area contributed by atoms with Gasteiger partial charge in [0.25, 0.3) is 0 Å². The molecule has 14 heteroatoms. The maximum absolute atomic E-state index is 13.3. The molecule has 0 aliphatic carbocycles. The summed E-state index contributed by atoms with van der Waals surface area (Å²) in [5.74, 6) is -0.248. The van der Waals surface area contributed by atoms with Gasteiger partial charge in [-0.2, -0.15) is 0 Å². The summed E-state index contributed by atoms with van der Waals surface area (Å²) in [5, 5.41) is 87.5. The quantitative estimate of drug-likeness (QED) is 0.0204. The first-order chi connectivity index (χ1) is 41.1. The molecule has 0 spiro atoms. The van der Waals surface area contributed by atoms with Gasteiger partial charge < -0.3 is 65.1 Å². The predicted octanol–water partition coefficient (Wildman–Crippen LogP) is 13.5. The Morgan fingerprint density at radius 2 is 0.821 bits per heavy atom. The Bertz CT molecular complexity index is 1690. The summed E-state index contributed by atoms with van der Waals surface area (Å²) in [6.45, 7) is 2.74. The summed E-state index contributed by atoms with van der Waals surface area (Å²) in [6.07, 6.45) is 56.3. The fourth-order valence-corrected chi connectivity index (χ4v) is 11.0. The van der Waals surface area contributed by atoms with E-state index in [4.69, 9.17) is 18.9 Å². The molecule has 14 nitrogen and oxygen atoms in total. The SMILES string of the molecule is CC/C=C\C/C=C\C/C=C\C/C=C\C/C=C\C/C=C\CCCCC(=O)NC(COC1OC(CO)C(OC2OC(CO)C(O)C(O)C2O)C(O)C1O)C(O)CCCCCCCCCCCCCCCCCCCCCCCCCCCCCCC. The molecule has 12 atom stereocenters. The van der Waals surface area contributed by atoms with Gasteiger partial charge in [-0.25, -0.2) is 0 Å². The van der Waals surface area contributed by atoms with Crippen LogP contribution in [0.1, 0.15) is 271 Å². The van der Waals surface area contributed by atoms with Gasteiger partial charge in [0.05, 0.1) is 32.0 Å². The summed E-state index contributed by atoms with van der Waals surface area (Å²) < 4.78 is 22.9. The largest absolute Gasteiger partial charge is 0.394 e. The van der Waals surface area contributed by atoms with Crippen molar-refractivity contribution < 1.29 is 64.6 Å². The highest BCUT2D eigenvalue weighted by molar-refractivity contribution is 5.76. The van der Waals surface area contributed by atoms with Crippen molar-refractivity contribution in [3.05, 3.63) is 72.9 Å². The molecule has 488 valence electrons. The fourth-order valence-electron chi connectivity index (χ4n) is 11.0. The fraction of sp³-hybridized carbons (Fsp3) is 0.814. The zero-order valence-corrected chi connectivity index (χ0v) is 52.9. The van der Waals surface area contributed by atoms with Crippen molar-refractivity contribution >= 4 is 5.91 Å². The lowest BCUT2D eigenvalue weighted by Crippen LogP contribution is -2.65. The maximum Gasteiger partial charge on any atom is 0.220 e. The molecule has 2 saturated heterocycles. The van der Waals surface area contributed by atoms with E-state index < -0.39 is 86.8 Å². The lowest BCUT2D eigenvalue weighted by molar-refractivity contribution is -0.359. The molecule has 9 N–H and O–H groups in total. The van der Waals surface area contributed by atoms with Gasteiger partial charge in [-0.15, -0.1) is 0 Å². The van der Waals surface area contributed by atoms with E-state index in [9.17, 15) is 45.6 Å². The number of hydrogen-bond donors (Lipinski definition) is 9. The maximum atomic E-state index is 13.3. The number of hydrogen-bond acceptors (Lipinski definition) is 13. The summed E-state index contributed by atoms with van der Waals surface area (Å²) in [5.41, 5.74) is 0. The molecular formula is C70H125NO13. The van der Waals surface area contributed by atoms with E-state index in [1.54, 1.807) is 0 Å². The minimum atomic E-state index is -1.79. The average Bonchev–Trinajstić information content (AvgIpc) is 3.18. The molecule has 2 rings (SSSR count). The third-order valence-electron chi connectivity index (χ3n) is 16.4. The van der Waals surface area contributed by atoms with Crippen LogP contribution in [0.15, 0.2) is 72.9 Å². The average molecular weight is 1190 g/mol. The Balaban J connectivity index is 1.70. The van der Waals surface area contributed by atoms with E-state index in [0.717, 1.165) is 77.0 Å². The number of nitrogens with one attached hydrogen (secondary N) is 1. The lowest BCUT2D eigenvalue weighted by Gasteiger charge is -2.46. The molecule has 0 radical (unpaired) electrons. The topological polar surface area (TPSA) is 228 Å². The highest BCUT2D eigenvalue weighted by Crippen LogP contribution is 2.30. The molecule has 1 amide bonds. The second-order valence-corrected chi connectivity index (χ2v) is 23.9. The van der Waals surface area contributed by atoms with Crippen LogP contribution in [0, 0.1) is 0 Å². The van der Waals surface area contributed by atoms with Crippen LogP contribution in [0.3, 0.4) is 0 Å². The zero-order valence-electron chi connectivity index (χ0n) is 52.9. The van der Waals surface area contributed by atoms with Gasteiger partial charge in [0.1, 0.15) is 48.8 Å². The molecule has 0 bridgehead atoms. The van der Waals surface area contributed by atoms with Crippen LogP contribution in [-0.2, 0) is 23.7 Å². The van der Waals surface area contributed by atoms with Gasteiger partial charge in [-0.05, 0) is 64.2 Å². The monoisotopic (exact) mass is 1190 g/mol. The Morgan fingerprint density at radius 1 is 0.440 bits per heavy atom. The number of unbranched alkanes of at least 4 members (excludes halogenated alkanes) is 30. The molecule has 2 aliphatic rings. The van der Waals surface area contributed by atoms with Crippen LogP contribution in [0.2, 0.25) is 0 Å². The molecule has 0 saturated carbocycles. The van der Waals surface area contributed by atoms with Crippen molar-refractivity contribution in [2.75, 3.05) is 19.8 Å². The Hall–Kier alpha value is -2.57. The molecule has 0 aromatic rings. The van der Waals surface area contributed by atoms with Gasteiger partial charge in [0.15, 0.2) is 12.6 Å². The number of carbonyl (C=O) groups is 1. The van der Waals surface area contributed by atoms with Gasteiger partial charge >= 0.3 is 0 Å². The number of aliphatic hydroxyl groups excluding tert-OH is 8. The summed E-state index contributed by atoms with van der Waals surface area (Å²) in [6, 6.07) is -0.858. The standard InChI is InChI=1S/C70H125NO13/c1-3-5-7-9-11-13-15-17-19-21-23-25-26-27-28-29-30-31-32-34-35-37-39-41-43-45-47-49-51-53-59(74)58(57-81-69-67(80)65(78)68(61(56-73)83-69)84-70-66(79)64(77)63(76)60(55-72)82-70)71-62(75)54-52-50-48-46-44-42-40-38-36-33-24-22-20-18-16-14-12-10-8-6-4-2/h6,8,12,14,18,20,24,33,38,40,44,46,58-61,63-70,72-74,76-80H,3-5,7,9-11,13,15-17,19,21-23,25-32,34-37,39,41-43,45,47-57H2,1-2H3,(H,71,75)/b8-6-,14-12-,20-18-,33-24-,40-38-,46-44-. The van der Waals surface area contributed by atoms with Gasteiger partial charge in [-0.3, -0.25) is 4.79 Å². The first kappa shape index (κ1) is 77.5. The van der Waals surface area contributed by atoms with Crippen molar-refractivity contribution in [1.82, 2.24) is 5.32 Å². The predicted molar refractivity (Wildman–Crippen MR) is 341 cm³/mol. The van der Waals surface area contributed by atoms with Gasteiger partial charge in [0.2, 0.25) is 5.91 Å². The molecule has 0 aromatic carbocycles. The van der Waals surface area contributed by atoms with Crippen LogP contribution in [-0.4, -0.2) is 140 Å². The number of aliphatic hydroxyl groups is 8. The van der Waals surface area contributed by atoms with Crippen LogP contribution in [0.5, 0.6) is 0 Å². The molecule has 84 heavy (non-hydrogen) atoms. The second kappa shape index (κ2) is 54.6. The van der Waals surface area contributed by atoms with Crippen molar-refractivity contribution in [1.29, 1.82) is 0 Å². The number of rotatable bonds is 55. The smallest absolute Gasteiger partial charge is 0.220 e. The van der Waals surface area contributed by atoms with E-state index in [1.165, 1.54) is 161 Å². The van der Waals surface area contributed by atoms with Crippen molar-refractivity contribution in [3.8, 4) is 0 Å². The third kappa shape index (κ3) is 38.7. The lowest BCUT2D eigenvalue weighted by atomic mass is 9.97. The van der Waals surface area contributed by atoms with E-state index in [-0.39, 0.29) is 18.9 Å². The van der Waals surface area contributed by atoms with E-state index >= 15 is 0 Å². The van der Waals surface area contributed by atoms with Crippen LogP contribution in [0.4, 0.5) is 0 Å². The second-order valence-electron chi connectivity index (χ2n) is 23.9. The Kier molecular flexibility index (Phi) is 50.4. The molecule has 2 aliphatic heterocycles. The third-order valence-corrected chi connectivity index (χ3v) is 16.4. The first-order valence-corrected chi connectivity index (χ1v) is 34.2. The number of allylic oxidation sites excluding steroid dienone is 12. The van der Waals surface area contributed by atoms with E-state index in [1.807, 2.05) is 0 Å². The molecule has 2 heterocycles.